The molecule has 9 nitrogen and oxygen atoms in total. The number of nitrogens with zero attached hydrogens (tertiary/aromatic N) is 1. The summed E-state index contributed by atoms with van der Waals surface area (Å²) in [4.78, 5) is 37.1. The maximum atomic E-state index is 12.8. The van der Waals surface area contributed by atoms with Crippen LogP contribution in [0.1, 0.15) is 194 Å². The number of rotatable bonds is 49. The van der Waals surface area contributed by atoms with Crippen LogP contribution in [-0.4, -0.2) is 82.3 Å². The second kappa shape index (κ2) is 52.0. The molecule has 0 aromatic heterocycles. The molecule has 0 bridgehead atoms. The molecule has 0 heterocycles. The molecular formula is C62H101NO8. The number of ether oxygens (including phenoxy) is 4. The van der Waals surface area contributed by atoms with E-state index in [1.165, 1.54) is 51.4 Å². The number of hydrogen-bond acceptors (Lipinski definition) is 8. The molecule has 0 aromatic rings. The van der Waals surface area contributed by atoms with Crippen molar-refractivity contribution in [3.63, 3.8) is 0 Å². The van der Waals surface area contributed by atoms with Gasteiger partial charge in [-0.3, -0.25) is 9.59 Å². The number of carboxylic acid groups (broad SMARTS) is 1. The Morgan fingerprint density at radius 2 is 0.803 bits per heavy atom. The third kappa shape index (κ3) is 53.3. The van der Waals surface area contributed by atoms with E-state index in [9.17, 15) is 19.5 Å². The third-order valence-corrected chi connectivity index (χ3v) is 11.2. The lowest BCUT2D eigenvalue weighted by Crippen LogP contribution is -2.44. The zero-order chi connectivity index (χ0) is 52.0. The number of carboxylic acids is 1. The van der Waals surface area contributed by atoms with E-state index in [-0.39, 0.29) is 38.6 Å². The average Bonchev–Trinajstić information content (AvgIpc) is 3.34. The molecule has 0 N–H and O–H groups in total. The van der Waals surface area contributed by atoms with Crippen molar-refractivity contribution in [2.45, 2.75) is 206 Å². The van der Waals surface area contributed by atoms with Crippen molar-refractivity contribution >= 4 is 17.9 Å². The van der Waals surface area contributed by atoms with E-state index in [1.54, 1.807) is 0 Å². The van der Waals surface area contributed by atoms with Crippen molar-refractivity contribution in [1.29, 1.82) is 0 Å². The van der Waals surface area contributed by atoms with Gasteiger partial charge in [-0.2, -0.15) is 0 Å². The van der Waals surface area contributed by atoms with Crippen LogP contribution < -0.4 is 5.11 Å². The number of quaternary nitrogens is 1. The average molecular weight is 988 g/mol. The van der Waals surface area contributed by atoms with Gasteiger partial charge in [-0.05, 0) is 89.9 Å². The molecule has 0 aliphatic heterocycles. The second-order valence-electron chi connectivity index (χ2n) is 19.1. The zero-order valence-corrected chi connectivity index (χ0v) is 45.5. The molecule has 0 spiro atoms. The molecule has 9 heteroatoms. The largest absolute Gasteiger partial charge is 0.545 e. The van der Waals surface area contributed by atoms with Crippen LogP contribution in [0.5, 0.6) is 0 Å². The summed E-state index contributed by atoms with van der Waals surface area (Å²) in [5.74, 6) is -2.33. The predicted octanol–water partition coefficient (Wildman–Crippen LogP) is 14.8. The van der Waals surface area contributed by atoms with Crippen LogP contribution in [0.3, 0.4) is 0 Å². The number of allylic oxidation sites excluding steroid dienone is 20. The first-order chi connectivity index (χ1) is 34.6. The number of carbonyl (C=O) groups excluding carboxylic acids is 3. The Bertz CT molecular complexity index is 1570. The summed E-state index contributed by atoms with van der Waals surface area (Å²) in [5.41, 5.74) is 0. The van der Waals surface area contributed by atoms with Gasteiger partial charge in [-0.1, -0.05) is 212 Å². The smallest absolute Gasteiger partial charge is 0.306 e. The monoisotopic (exact) mass is 988 g/mol. The number of aliphatic carboxylic acids is 1. The van der Waals surface area contributed by atoms with Gasteiger partial charge in [0.1, 0.15) is 13.2 Å². The highest BCUT2D eigenvalue weighted by molar-refractivity contribution is 5.70. The summed E-state index contributed by atoms with van der Waals surface area (Å²) < 4.78 is 22.6. The fourth-order valence-electron chi connectivity index (χ4n) is 6.97. The first-order valence-electron chi connectivity index (χ1n) is 27.7. The maximum absolute atomic E-state index is 12.8. The Labute approximate surface area is 434 Å². The highest BCUT2D eigenvalue weighted by Crippen LogP contribution is 2.14. The Kier molecular flexibility index (Phi) is 48.9. The molecule has 0 fully saturated rings. The van der Waals surface area contributed by atoms with Gasteiger partial charge in [-0.25, -0.2) is 0 Å². The van der Waals surface area contributed by atoms with Crippen LogP contribution in [0, 0.1) is 0 Å². The van der Waals surface area contributed by atoms with Crippen LogP contribution in [0.25, 0.3) is 0 Å². The summed E-state index contributed by atoms with van der Waals surface area (Å²) in [6.45, 7) is 4.57. The van der Waals surface area contributed by atoms with E-state index in [0.717, 1.165) is 109 Å². The SMILES string of the molecule is CC/C=C\C/C=C\C/C=C\C/C=C\C/C=C\C/C=C\C/C=C\C/C=C\C/C=C\C/C=C\CCCCCCC(=O)OC(COC(=O)CCCCCCCCCCCCC)COC(OCC[N+](C)(C)C)C(=O)[O-]. The predicted molar refractivity (Wildman–Crippen MR) is 296 cm³/mol. The molecule has 0 aliphatic carbocycles. The molecule has 0 saturated carbocycles. The molecule has 2 unspecified atom stereocenters. The summed E-state index contributed by atoms with van der Waals surface area (Å²) in [7, 11) is 5.89. The summed E-state index contributed by atoms with van der Waals surface area (Å²) in [6.07, 6.45) is 69.7. The van der Waals surface area contributed by atoms with Crippen molar-refractivity contribution in [1.82, 2.24) is 0 Å². The minimum absolute atomic E-state index is 0.137. The number of esters is 2. The Hall–Kier alpha value is -4.31. The lowest BCUT2D eigenvalue weighted by molar-refractivity contribution is -0.870. The molecule has 0 saturated heterocycles. The van der Waals surface area contributed by atoms with Gasteiger partial charge in [0, 0.05) is 12.8 Å². The molecule has 402 valence electrons. The van der Waals surface area contributed by atoms with Gasteiger partial charge in [0.25, 0.3) is 0 Å². The molecule has 2 atom stereocenters. The minimum atomic E-state index is -1.63. The van der Waals surface area contributed by atoms with E-state index in [0.29, 0.717) is 17.4 Å². The molecule has 0 radical (unpaired) electrons. The fourth-order valence-corrected chi connectivity index (χ4v) is 6.97. The van der Waals surface area contributed by atoms with Crippen LogP contribution in [0.2, 0.25) is 0 Å². The minimum Gasteiger partial charge on any atom is -0.545 e. The second-order valence-corrected chi connectivity index (χ2v) is 19.1. The topological polar surface area (TPSA) is 111 Å². The quantitative estimate of drug-likeness (QED) is 0.0195. The first-order valence-corrected chi connectivity index (χ1v) is 27.7. The highest BCUT2D eigenvalue weighted by Gasteiger charge is 2.22. The summed E-state index contributed by atoms with van der Waals surface area (Å²) in [6, 6.07) is 0. The van der Waals surface area contributed by atoms with Crippen molar-refractivity contribution < 1.29 is 42.9 Å². The zero-order valence-electron chi connectivity index (χ0n) is 45.5. The number of unbranched alkanes of at least 4 members (excludes halogenated alkanes) is 14. The van der Waals surface area contributed by atoms with Crippen LogP contribution in [0.4, 0.5) is 0 Å². The van der Waals surface area contributed by atoms with Crippen LogP contribution in [0.15, 0.2) is 122 Å². The number of carbonyl (C=O) groups is 3. The van der Waals surface area contributed by atoms with Crippen molar-refractivity contribution in [3.8, 4) is 0 Å². The Morgan fingerprint density at radius 3 is 1.20 bits per heavy atom. The number of likely N-dealkylation sites (N-methyl/N-ethyl adjacent to an activating group) is 1. The van der Waals surface area contributed by atoms with Crippen LogP contribution in [-0.2, 0) is 33.3 Å². The van der Waals surface area contributed by atoms with E-state index in [2.05, 4.69) is 135 Å². The van der Waals surface area contributed by atoms with Gasteiger partial charge in [0.05, 0.1) is 40.3 Å². The Balaban J connectivity index is 4.28. The normalized spacial score (nSPS) is 13.8. The van der Waals surface area contributed by atoms with Gasteiger partial charge >= 0.3 is 11.9 Å². The Morgan fingerprint density at radius 1 is 0.437 bits per heavy atom. The molecule has 0 aromatic carbocycles. The summed E-state index contributed by atoms with van der Waals surface area (Å²) >= 11 is 0. The van der Waals surface area contributed by atoms with Crippen molar-refractivity contribution in [2.75, 3.05) is 47.5 Å². The molecule has 0 aliphatic rings. The lowest BCUT2D eigenvalue weighted by atomic mass is 10.1. The van der Waals surface area contributed by atoms with E-state index in [4.69, 9.17) is 18.9 Å². The van der Waals surface area contributed by atoms with E-state index in [1.807, 2.05) is 21.1 Å². The third-order valence-electron chi connectivity index (χ3n) is 11.2. The van der Waals surface area contributed by atoms with Gasteiger partial charge in [0.15, 0.2) is 12.4 Å². The molecular weight excluding hydrogens is 887 g/mol. The molecule has 0 rings (SSSR count). The van der Waals surface area contributed by atoms with Gasteiger partial charge in [-0.15, -0.1) is 0 Å². The summed E-state index contributed by atoms with van der Waals surface area (Å²) in [5, 5.41) is 11.7. The first kappa shape index (κ1) is 66.7. The van der Waals surface area contributed by atoms with Gasteiger partial charge in [0.2, 0.25) is 0 Å². The molecule has 71 heavy (non-hydrogen) atoms. The number of hydrogen-bond donors (Lipinski definition) is 0. The van der Waals surface area contributed by atoms with Crippen molar-refractivity contribution in [2.24, 2.45) is 0 Å². The fraction of sp³-hybridized carbons (Fsp3) is 0.629. The maximum Gasteiger partial charge on any atom is 0.306 e. The highest BCUT2D eigenvalue weighted by atomic mass is 16.7. The standard InChI is InChI=1S/C62H101NO8/c1-6-8-10-12-14-16-18-19-20-21-22-23-24-25-26-27-28-29-30-31-32-33-34-35-36-37-38-39-40-41-43-45-47-49-51-53-60(65)71-58(57-70-62(61(66)67)68-55-54-63(3,4)5)56-69-59(64)52-50-48-46-44-42-17-15-13-11-9-7-2/h8,10,14,16,19-20,22-23,25-26,28-29,31-32,34-35,37-38,40-41,58,62H,6-7,9,11-13,15,17-18,21,24,27,30,33,36,39,42-57H2,1-5H3/b10-8-,16-14-,20-19-,23-22-,26-25-,29-28-,32-31-,35-34-,38-37-,41-40-. The van der Waals surface area contributed by atoms with Crippen LogP contribution >= 0.6 is 0 Å². The van der Waals surface area contributed by atoms with Crippen molar-refractivity contribution in [3.05, 3.63) is 122 Å². The molecule has 0 amide bonds. The van der Waals surface area contributed by atoms with Gasteiger partial charge < -0.3 is 33.3 Å². The van der Waals surface area contributed by atoms with E-state index >= 15 is 0 Å². The van der Waals surface area contributed by atoms with E-state index < -0.39 is 24.3 Å². The lowest BCUT2D eigenvalue weighted by Gasteiger charge is -2.26.